The maximum Gasteiger partial charge on any atom is 0.248 e. The lowest BCUT2D eigenvalue weighted by atomic mass is 10.1. The smallest absolute Gasteiger partial charge is 0.248 e. The summed E-state index contributed by atoms with van der Waals surface area (Å²) in [5.74, 6) is 2.09. The molecule has 1 amide bonds. The highest BCUT2D eigenvalue weighted by atomic mass is 16.5. The summed E-state index contributed by atoms with van der Waals surface area (Å²) < 4.78 is 5.35. The van der Waals surface area contributed by atoms with E-state index in [4.69, 9.17) is 4.74 Å². The number of para-hydroxylation sites is 1. The van der Waals surface area contributed by atoms with Gasteiger partial charge in [-0.25, -0.2) is 4.98 Å². The molecular formula is C22H24N4O2. The van der Waals surface area contributed by atoms with E-state index in [9.17, 15) is 4.79 Å². The highest BCUT2D eigenvalue weighted by molar-refractivity contribution is 6.04. The number of amides is 1. The molecule has 3 aromatic rings. The molecule has 28 heavy (non-hydrogen) atoms. The van der Waals surface area contributed by atoms with Crippen LogP contribution in [0.3, 0.4) is 0 Å². The van der Waals surface area contributed by atoms with E-state index in [-0.39, 0.29) is 11.8 Å². The fraction of sp³-hybridized carbons (Fsp3) is 0.227. The first-order valence-electron chi connectivity index (χ1n) is 9.13. The van der Waals surface area contributed by atoms with Gasteiger partial charge in [0.2, 0.25) is 5.91 Å². The lowest BCUT2D eigenvalue weighted by molar-refractivity contribution is -0.111. The largest absolute Gasteiger partial charge is 0.496 e. The zero-order chi connectivity index (χ0) is 20.1. The van der Waals surface area contributed by atoms with Gasteiger partial charge in [0, 0.05) is 23.1 Å². The monoisotopic (exact) mass is 376 g/mol. The minimum atomic E-state index is -0.240. The van der Waals surface area contributed by atoms with Crippen LogP contribution in [-0.2, 0) is 4.79 Å². The third-order valence-corrected chi connectivity index (χ3v) is 4.27. The Kier molecular flexibility index (Phi) is 5.89. The summed E-state index contributed by atoms with van der Waals surface area (Å²) in [5.41, 5.74) is 3.36. The molecule has 0 spiro atoms. The Hall–Kier alpha value is -3.41. The number of aryl methyl sites for hydroxylation is 1. The van der Waals surface area contributed by atoms with Crippen molar-refractivity contribution in [3.63, 3.8) is 0 Å². The Morgan fingerprint density at radius 1 is 1.21 bits per heavy atom. The highest BCUT2D eigenvalue weighted by Gasteiger charge is 2.13. The van der Waals surface area contributed by atoms with E-state index in [1.165, 1.54) is 6.08 Å². The van der Waals surface area contributed by atoms with Gasteiger partial charge in [-0.15, -0.1) is 0 Å². The summed E-state index contributed by atoms with van der Waals surface area (Å²) in [4.78, 5) is 17.0. The summed E-state index contributed by atoms with van der Waals surface area (Å²) in [6.45, 7) is 6.08. The van der Waals surface area contributed by atoms with Crippen molar-refractivity contribution in [3.05, 3.63) is 65.5 Å². The first kappa shape index (κ1) is 19.4. The number of hydrogen-bond acceptors (Lipinski definition) is 4. The molecular weight excluding hydrogens is 352 g/mol. The van der Waals surface area contributed by atoms with Crippen LogP contribution in [-0.4, -0.2) is 28.2 Å². The lowest BCUT2D eigenvalue weighted by Crippen LogP contribution is -2.09. The lowest BCUT2D eigenvalue weighted by Gasteiger charge is -2.08. The quantitative estimate of drug-likeness (QED) is 0.618. The predicted octanol–water partition coefficient (Wildman–Crippen LogP) is 4.56. The second kappa shape index (κ2) is 8.52. The first-order chi connectivity index (χ1) is 13.5. The van der Waals surface area contributed by atoms with Crippen LogP contribution in [0.4, 0.5) is 5.69 Å². The molecule has 0 atom stereocenters. The van der Waals surface area contributed by atoms with Crippen molar-refractivity contribution in [2.75, 3.05) is 12.4 Å². The second-order valence-electron chi connectivity index (χ2n) is 6.81. The van der Waals surface area contributed by atoms with Crippen molar-refractivity contribution < 1.29 is 9.53 Å². The van der Waals surface area contributed by atoms with E-state index in [1.54, 1.807) is 13.2 Å². The average Bonchev–Trinajstić information content (AvgIpc) is 3.17. The van der Waals surface area contributed by atoms with Crippen LogP contribution in [0.1, 0.15) is 36.7 Å². The molecule has 144 valence electrons. The molecule has 2 N–H and O–H groups in total. The molecule has 0 saturated heterocycles. The number of methoxy groups -OCH3 is 1. The van der Waals surface area contributed by atoms with Gasteiger partial charge >= 0.3 is 0 Å². The van der Waals surface area contributed by atoms with E-state index in [0.29, 0.717) is 11.5 Å². The van der Waals surface area contributed by atoms with Gasteiger partial charge < -0.3 is 10.1 Å². The molecule has 1 heterocycles. The standard InChI is InChI=1S/C22H24N4O2/c1-14(2)21-24-22(26-25-21)17-7-5-6-8-18(17)23-20(27)12-10-16-13-15(3)9-11-19(16)28-4/h5-14H,1-4H3,(H,23,27)(H,24,25,26). The molecule has 0 aliphatic carbocycles. The number of nitrogens with one attached hydrogen (secondary N) is 2. The maximum absolute atomic E-state index is 12.5. The third-order valence-electron chi connectivity index (χ3n) is 4.27. The number of aromatic amines is 1. The number of carbonyl (C=O) groups is 1. The van der Waals surface area contributed by atoms with Crippen LogP contribution >= 0.6 is 0 Å². The van der Waals surface area contributed by atoms with Crippen molar-refractivity contribution >= 4 is 17.7 Å². The molecule has 6 nitrogen and oxygen atoms in total. The molecule has 1 aromatic heterocycles. The van der Waals surface area contributed by atoms with Crippen molar-refractivity contribution in [2.24, 2.45) is 0 Å². The summed E-state index contributed by atoms with van der Waals surface area (Å²) in [6.07, 6.45) is 3.24. The molecule has 0 radical (unpaired) electrons. The zero-order valence-electron chi connectivity index (χ0n) is 16.5. The van der Waals surface area contributed by atoms with E-state index in [0.717, 1.165) is 28.3 Å². The van der Waals surface area contributed by atoms with Crippen molar-refractivity contribution in [1.82, 2.24) is 15.2 Å². The Morgan fingerprint density at radius 2 is 2.00 bits per heavy atom. The molecule has 0 aliphatic rings. The summed E-state index contributed by atoms with van der Waals surface area (Å²) in [7, 11) is 1.61. The number of ether oxygens (including phenoxy) is 1. The zero-order valence-corrected chi connectivity index (χ0v) is 16.5. The summed E-state index contributed by atoms with van der Waals surface area (Å²) in [6, 6.07) is 13.3. The van der Waals surface area contributed by atoms with Gasteiger partial charge in [0.15, 0.2) is 5.82 Å². The van der Waals surface area contributed by atoms with Crippen LogP contribution < -0.4 is 10.1 Å². The Morgan fingerprint density at radius 3 is 2.71 bits per heavy atom. The van der Waals surface area contributed by atoms with E-state index >= 15 is 0 Å². The highest BCUT2D eigenvalue weighted by Crippen LogP contribution is 2.26. The van der Waals surface area contributed by atoms with Gasteiger partial charge in [-0.3, -0.25) is 9.89 Å². The third kappa shape index (κ3) is 4.46. The molecule has 6 heteroatoms. The normalized spacial score (nSPS) is 11.2. The molecule has 0 unspecified atom stereocenters. The van der Waals surface area contributed by atoms with E-state index < -0.39 is 0 Å². The number of carbonyl (C=O) groups excluding carboxylic acids is 1. The molecule has 2 aromatic carbocycles. The molecule has 3 rings (SSSR count). The minimum Gasteiger partial charge on any atom is -0.496 e. The topological polar surface area (TPSA) is 79.9 Å². The number of nitrogens with zero attached hydrogens (tertiary/aromatic N) is 2. The number of anilines is 1. The number of benzene rings is 2. The Labute approximate surface area is 164 Å². The van der Waals surface area contributed by atoms with Gasteiger partial charge in [-0.05, 0) is 37.3 Å². The predicted molar refractivity (Wildman–Crippen MR) is 111 cm³/mol. The summed E-state index contributed by atoms with van der Waals surface area (Å²) in [5, 5.41) is 10.1. The Balaban J connectivity index is 1.80. The van der Waals surface area contributed by atoms with Crippen LogP contribution in [0, 0.1) is 6.92 Å². The summed E-state index contributed by atoms with van der Waals surface area (Å²) >= 11 is 0. The minimum absolute atomic E-state index is 0.240. The van der Waals surface area contributed by atoms with Crippen LogP contribution in [0.15, 0.2) is 48.5 Å². The first-order valence-corrected chi connectivity index (χ1v) is 9.13. The van der Waals surface area contributed by atoms with Crippen molar-refractivity contribution in [3.8, 4) is 17.1 Å². The van der Waals surface area contributed by atoms with E-state index in [2.05, 4.69) is 20.5 Å². The number of H-pyrrole nitrogens is 1. The number of hydrogen-bond donors (Lipinski definition) is 2. The molecule has 0 bridgehead atoms. The van der Waals surface area contributed by atoms with Crippen LogP contribution in [0.25, 0.3) is 17.5 Å². The molecule has 0 aliphatic heterocycles. The SMILES string of the molecule is COc1ccc(C)cc1C=CC(=O)Nc1ccccc1-c1n[nH]c(C(C)C)n1. The average molecular weight is 376 g/mol. The van der Waals surface area contributed by atoms with Gasteiger partial charge in [0.1, 0.15) is 11.6 Å². The Bertz CT molecular complexity index is 1010. The van der Waals surface area contributed by atoms with Crippen LogP contribution in [0.5, 0.6) is 5.75 Å². The second-order valence-corrected chi connectivity index (χ2v) is 6.81. The number of aromatic nitrogens is 3. The van der Waals surface area contributed by atoms with Crippen molar-refractivity contribution in [1.29, 1.82) is 0 Å². The molecule has 0 fully saturated rings. The fourth-order valence-electron chi connectivity index (χ4n) is 2.76. The van der Waals surface area contributed by atoms with Gasteiger partial charge in [-0.1, -0.05) is 37.6 Å². The van der Waals surface area contributed by atoms with Gasteiger partial charge in [0.05, 0.1) is 12.8 Å². The maximum atomic E-state index is 12.5. The number of rotatable bonds is 6. The fourth-order valence-corrected chi connectivity index (χ4v) is 2.76. The van der Waals surface area contributed by atoms with Gasteiger partial charge in [0.25, 0.3) is 0 Å². The van der Waals surface area contributed by atoms with E-state index in [1.807, 2.05) is 63.2 Å². The van der Waals surface area contributed by atoms with Crippen molar-refractivity contribution in [2.45, 2.75) is 26.7 Å². The van der Waals surface area contributed by atoms with Crippen LogP contribution in [0.2, 0.25) is 0 Å². The molecule has 0 saturated carbocycles. The van der Waals surface area contributed by atoms with Gasteiger partial charge in [-0.2, -0.15) is 5.10 Å².